The van der Waals surface area contributed by atoms with Gasteiger partial charge in [-0.3, -0.25) is 4.79 Å². The van der Waals surface area contributed by atoms with Crippen molar-refractivity contribution in [2.75, 3.05) is 0 Å². The molecular formula is C14H12BO3. The lowest BCUT2D eigenvalue weighted by molar-refractivity contribution is -0.131. The standard InChI is InChI=1S/C14H12BO3/c1-10(16)18-14-8-4-12(5-9-14)11-2-6-13(15-17)7-3-11/h2-9,17H,1H3. The largest absolute Gasteiger partial charge is 0.450 e. The van der Waals surface area contributed by atoms with Crippen molar-refractivity contribution in [3.63, 3.8) is 0 Å². The van der Waals surface area contributed by atoms with E-state index >= 15 is 0 Å². The third kappa shape index (κ3) is 2.99. The minimum Gasteiger partial charge on any atom is -0.450 e. The fraction of sp³-hybridized carbons (Fsp3) is 0.0714. The van der Waals surface area contributed by atoms with Gasteiger partial charge >= 0.3 is 13.5 Å². The third-order valence-corrected chi connectivity index (χ3v) is 2.51. The molecular weight excluding hydrogens is 227 g/mol. The van der Waals surface area contributed by atoms with Crippen LogP contribution in [0.3, 0.4) is 0 Å². The molecule has 1 radical (unpaired) electrons. The van der Waals surface area contributed by atoms with Gasteiger partial charge in [-0.05, 0) is 23.3 Å². The highest BCUT2D eigenvalue weighted by Gasteiger charge is 2.01. The second kappa shape index (κ2) is 5.51. The van der Waals surface area contributed by atoms with E-state index < -0.39 is 0 Å². The van der Waals surface area contributed by atoms with E-state index in [4.69, 9.17) is 9.76 Å². The zero-order valence-electron chi connectivity index (χ0n) is 9.96. The van der Waals surface area contributed by atoms with Gasteiger partial charge in [-0.1, -0.05) is 41.9 Å². The molecule has 2 aromatic rings. The summed E-state index contributed by atoms with van der Waals surface area (Å²) in [6.07, 6.45) is 0. The summed E-state index contributed by atoms with van der Waals surface area (Å²) in [6.45, 7) is 1.37. The number of esters is 1. The highest BCUT2D eigenvalue weighted by Crippen LogP contribution is 2.21. The van der Waals surface area contributed by atoms with Gasteiger partial charge < -0.3 is 9.76 Å². The average molecular weight is 239 g/mol. The number of benzene rings is 2. The Morgan fingerprint density at radius 2 is 1.50 bits per heavy atom. The van der Waals surface area contributed by atoms with Crippen LogP contribution in [-0.2, 0) is 4.79 Å². The zero-order valence-corrected chi connectivity index (χ0v) is 9.96. The summed E-state index contributed by atoms with van der Waals surface area (Å²) in [7, 11) is 1.06. The molecule has 0 saturated carbocycles. The van der Waals surface area contributed by atoms with Crippen LogP contribution in [0.1, 0.15) is 6.92 Å². The second-order valence-electron chi connectivity index (χ2n) is 3.87. The molecule has 18 heavy (non-hydrogen) atoms. The Morgan fingerprint density at radius 1 is 1.00 bits per heavy atom. The van der Waals surface area contributed by atoms with E-state index in [9.17, 15) is 4.79 Å². The summed E-state index contributed by atoms with van der Waals surface area (Å²) in [5.74, 6) is 0.206. The Labute approximate surface area is 106 Å². The van der Waals surface area contributed by atoms with Crippen molar-refractivity contribution in [2.24, 2.45) is 0 Å². The van der Waals surface area contributed by atoms with Crippen molar-refractivity contribution in [2.45, 2.75) is 6.92 Å². The van der Waals surface area contributed by atoms with E-state index in [1.807, 2.05) is 36.4 Å². The minimum absolute atomic E-state index is 0.328. The molecule has 0 aromatic heterocycles. The van der Waals surface area contributed by atoms with Crippen molar-refractivity contribution in [3.8, 4) is 16.9 Å². The highest BCUT2D eigenvalue weighted by atomic mass is 16.5. The topological polar surface area (TPSA) is 46.5 Å². The van der Waals surface area contributed by atoms with Crippen LogP contribution in [0.2, 0.25) is 0 Å². The number of rotatable bonds is 3. The SMILES string of the molecule is CC(=O)Oc1ccc(-c2ccc([B]O)cc2)cc1. The lowest BCUT2D eigenvalue weighted by Crippen LogP contribution is -2.11. The molecule has 0 unspecified atom stereocenters. The Balaban J connectivity index is 2.20. The molecule has 0 amide bonds. The molecule has 0 heterocycles. The molecule has 0 bridgehead atoms. The third-order valence-electron chi connectivity index (χ3n) is 2.51. The van der Waals surface area contributed by atoms with Gasteiger partial charge in [0.05, 0.1) is 0 Å². The fourth-order valence-corrected chi connectivity index (χ4v) is 1.64. The fourth-order valence-electron chi connectivity index (χ4n) is 1.64. The predicted octanol–water partition coefficient (Wildman–Crippen LogP) is 1.52. The van der Waals surface area contributed by atoms with Crippen molar-refractivity contribution >= 4 is 18.9 Å². The van der Waals surface area contributed by atoms with Crippen LogP contribution in [0.4, 0.5) is 0 Å². The monoisotopic (exact) mass is 239 g/mol. The molecule has 0 aliphatic carbocycles. The number of hydrogen-bond acceptors (Lipinski definition) is 3. The Morgan fingerprint density at radius 3 is 1.94 bits per heavy atom. The van der Waals surface area contributed by atoms with E-state index in [-0.39, 0.29) is 5.97 Å². The molecule has 2 rings (SSSR count). The zero-order chi connectivity index (χ0) is 13.0. The minimum atomic E-state index is -0.328. The van der Waals surface area contributed by atoms with Crippen LogP contribution in [-0.4, -0.2) is 18.5 Å². The van der Waals surface area contributed by atoms with Gasteiger partial charge in [0.2, 0.25) is 0 Å². The van der Waals surface area contributed by atoms with E-state index in [0.29, 0.717) is 5.75 Å². The van der Waals surface area contributed by atoms with Crippen molar-refractivity contribution in [1.29, 1.82) is 0 Å². The summed E-state index contributed by atoms with van der Waals surface area (Å²) in [6, 6.07) is 14.8. The lowest BCUT2D eigenvalue weighted by Gasteiger charge is -2.05. The first kappa shape index (κ1) is 12.4. The molecule has 0 fully saturated rings. The van der Waals surface area contributed by atoms with E-state index in [1.54, 1.807) is 12.1 Å². The first-order valence-corrected chi connectivity index (χ1v) is 5.55. The molecule has 3 nitrogen and oxygen atoms in total. The second-order valence-corrected chi connectivity index (χ2v) is 3.87. The quantitative estimate of drug-likeness (QED) is 0.501. The van der Waals surface area contributed by atoms with Gasteiger partial charge in [0.1, 0.15) is 5.75 Å². The first-order valence-electron chi connectivity index (χ1n) is 5.55. The molecule has 0 saturated heterocycles. The Hall–Kier alpha value is -2.07. The van der Waals surface area contributed by atoms with Crippen LogP contribution in [0.25, 0.3) is 11.1 Å². The summed E-state index contributed by atoms with van der Waals surface area (Å²) >= 11 is 0. The van der Waals surface area contributed by atoms with Gasteiger partial charge in [0.15, 0.2) is 0 Å². The summed E-state index contributed by atoms with van der Waals surface area (Å²) in [5, 5.41) is 8.85. The van der Waals surface area contributed by atoms with Gasteiger partial charge in [-0.15, -0.1) is 0 Å². The van der Waals surface area contributed by atoms with Crippen LogP contribution in [0.15, 0.2) is 48.5 Å². The van der Waals surface area contributed by atoms with Gasteiger partial charge in [-0.25, -0.2) is 0 Å². The van der Waals surface area contributed by atoms with Crippen LogP contribution in [0, 0.1) is 0 Å². The van der Waals surface area contributed by atoms with E-state index in [1.165, 1.54) is 6.92 Å². The summed E-state index contributed by atoms with van der Waals surface area (Å²) in [5.41, 5.74) is 2.82. The molecule has 89 valence electrons. The van der Waals surface area contributed by atoms with Crippen LogP contribution >= 0.6 is 0 Å². The number of carbonyl (C=O) groups excluding carboxylic acids is 1. The molecule has 0 aliphatic rings. The number of hydrogen-bond donors (Lipinski definition) is 1. The van der Waals surface area contributed by atoms with E-state index in [2.05, 4.69) is 0 Å². The van der Waals surface area contributed by atoms with Crippen LogP contribution in [0.5, 0.6) is 5.75 Å². The molecule has 0 aliphatic heterocycles. The summed E-state index contributed by atoms with van der Waals surface area (Å²) < 4.78 is 4.96. The molecule has 1 N–H and O–H groups in total. The number of carbonyl (C=O) groups is 1. The Kier molecular flexibility index (Phi) is 3.80. The molecule has 0 spiro atoms. The average Bonchev–Trinajstić information content (AvgIpc) is 2.39. The molecule has 0 atom stereocenters. The van der Waals surface area contributed by atoms with Crippen molar-refractivity contribution in [1.82, 2.24) is 0 Å². The molecule has 2 aromatic carbocycles. The normalized spacial score (nSPS) is 9.89. The van der Waals surface area contributed by atoms with Crippen molar-refractivity contribution < 1.29 is 14.6 Å². The maximum absolute atomic E-state index is 10.8. The first-order chi connectivity index (χ1) is 8.69. The smallest absolute Gasteiger partial charge is 0.326 e. The van der Waals surface area contributed by atoms with Gasteiger partial charge in [0, 0.05) is 6.92 Å². The van der Waals surface area contributed by atoms with Gasteiger partial charge in [-0.2, -0.15) is 0 Å². The van der Waals surface area contributed by atoms with E-state index in [0.717, 1.165) is 24.1 Å². The summed E-state index contributed by atoms with van der Waals surface area (Å²) in [4.78, 5) is 10.8. The number of ether oxygens (including phenoxy) is 1. The predicted molar refractivity (Wildman–Crippen MR) is 70.8 cm³/mol. The van der Waals surface area contributed by atoms with Crippen molar-refractivity contribution in [3.05, 3.63) is 48.5 Å². The maximum Gasteiger partial charge on any atom is 0.326 e. The lowest BCUT2D eigenvalue weighted by atomic mass is 9.87. The highest BCUT2D eigenvalue weighted by molar-refractivity contribution is 6.45. The van der Waals surface area contributed by atoms with Crippen LogP contribution < -0.4 is 10.2 Å². The van der Waals surface area contributed by atoms with Gasteiger partial charge in [0.25, 0.3) is 0 Å². The molecule has 4 heteroatoms. The Bertz CT molecular complexity index is 532. The maximum atomic E-state index is 10.8.